The summed E-state index contributed by atoms with van der Waals surface area (Å²) in [5.41, 5.74) is 1.54. The van der Waals surface area contributed by atoms with E-state index in [-0.39, 0.29) is 23.7 Å². The summed E-state index contributed by atoms with van der Waals surface area (Å²) in [6.45, 7) is 1.84. The van der Waals surface area contributed by atoms with Crippen LogP contribution in [0.5, 0.6) is 11.5 Å². The van der Waals surface area contributed by atoms with E-state index in [4.69, 9.17) is 4.74 Å². The average Bonchev–Trinajstić information content (AvgIpc) is 2.70. The third-order valence-electron chi connectivity index (χ3n) is 4.61. The number of ether oxygens (including phenoxy) is 1. The summed E-state index contributed by atoms with van der Waals surface area (Å²) in [6.07, 6.45) is -0.0777. The summed E-state index contributed by atoms with van der Waals surface area (Å²) in [7, 11) is 0. The Morgan fingerprint density at radius 1 is 0.931 bits per heavy atom. The molecule has 0 aliphatic rings. The van der Waals surface area contributed by atoms with Gasteiger partial charge in [0.1, 0.15) is 18.2 Å². The molecule has 6 heteroatoms. The number of aliphatic hydroxyl groups excluding tert-OH is 1. The van der Waals surface area contributed by atoms with Crippen LogP contribution in [0.4, 0.5) is 13.2 Å². The van der Waals surface area contributed by atoms with Gasteiger partial charge in [0.05, 0.1) is 6.10 Å². The van der Waals surface area contributed by atoms with Crippen molar-refractivity contribution in [3.8, 4) is 22.6 Å². The van der Waals surface area contributed by atoms with Gasteiger partial charge in [0.2, 0.25) is 5.82 Å². The molecule has 0 amide bonds. The molecule has 3 aromatic carbocycles. The van der Waals surface area contributed by atoms with E-state index in [0.29, 0.717) is 29.5 Å². The standard InChI is InChI=1S/C23H21F3O3/c1-2-3-20(28)18-10-11-21(23(26)22(18)25)29-13-14-4-6-15(7-5-14)17-9-8-16(27)12-19(17)24/h4-12,20,27-28H,2-3,13H2,1H3. The Morgan fingerprint density at radius 2 is 1.66 bits per heavy atom. The Bertz CT molecular complexity index is 987. The molecule has 0 spiro atoms. The monoisotopic (exact) mass is 402 g/mol. The van der Waals surface area contributed by atoms with Gasteiger partial charge in [-0.1, -0.05) is 37.6 Å². The molecule has 0 aromatic heterocycles. The Morgan fingerprint density at radius 3 is 2.31 bits per heavy atom. The second-order valence-corrected chi connectivity index (χ2v) is 6.74. The van der Waals surface area contributed by atoms with Crippen molar-refractivity contribution in [2.45, 2.75) is 32.5 Å². The first-order chi connectivity index (χ1) is 13.9. The molecule has 0 radical (unpaired) electrons. The summed E-state index contributed by atoms with van der Waals surface area (Å²) >= 11 is 0. The van der Waals surface area contributed by atoms with Crippen molar-refractivity contribution in [2.75, 3.05) is 0 Å². The molecular formula is C23H21F3O3. The van der Waals surface area contributed by atoms with Gasteiger partial charge in [-0.25, -0.2) is 8.78 Å². The maximum Gasteiger partial charge on any atom is 0.201 e. The van der Waals surface area contributed by atoms with Crippen LogP contribution >= 0.6 is 0 Å². The molecule has 0 saturated carbocycles. The minimum atomic E-state index is -1.14. The topological polar surface area (TPSA) is 49.7 Å². The van der Waals surface area contributed by atoms with Crippen LogP contribution in [0.25, 0.3) is 11.1 Å². The number of hydrogen-bond acceptors (Lipinski definition) is 3. The average molecular weight is 402 g/mol. The molecule has 0 saturated heterocycles. The highest BCUT2D eigenvalue weighted by molar-refractivity contribution is 5.65. The van der Waals surface area contributed by atoms with Crippen LogP contribution < -0.4 is 4.74 Å². The Kier molecular flexibility index (Phi) is 6.44. The first kappa shape index (κ1) is 20.7. The summed E-state index contributed by atoms with van der Waals surface area (Å²) in [6, 6.07) is 13.3. The van der Waals surface area contributed by atoms with E-state index in [0.717, 1.165) is 6.07 Å². The largest absolute Gasteiger partial charge is 0.508 e. The number of aliphatic hydroxyl groups is 1. The van der Waals surface area contributed by atoms with Crippen molar-refractivity contribution in [1.29, 1.82) is 0 Å². The normalized spacial score (nSPS) is 12.0. The van der Waals surface area contributed by atoms with Crippen LogP contribution in [0, 0.1) is 17.5 Å². The minimum absolute atomic E-state index is 0.00837. The van der Waals surface area contributed by atoms with E-state index < -0.39 is 23.6 Å². The number of phenols is 1. The van der Waals surface area contributed by atoms with Gasteiger partial charge in [0.25, 0.3) is 0 Å². The molecule has 0 heterocycles. The Hall–Kier alpha value is -2.99. The molecule has 1 atom stereocenters. The zero-order valence-corrected chi connectivity index (χ0v) is 15.8. The highest BCUT2D eigenvalue weighted by Crippen LogP contribution is 2.30. The fourth-order valence-corrected chi connectivity index (χ4v) is 3.02. The van der Waals surface area contributed by atoms with Crippen LogP contribution in [0.3, 0.4) is 0 Å². The van der Waals surface area contributed by atoms with E-state index in [1.54, 1.807) is 24.3 Å². The first-order valence-corrected chi connectivity index (χ1v) is 9.27. The lowest BCUT2D eigenvalue weighted by molar-refractivity contribution is 0.160. The van der Waals surface area contributed by atoms with Crippen LogP contribution in [0.2, 0.25) is 0 Å². The van der Waals surface area contributed by atoms with Gasteiger partial charge in [0.15, 0.2) is 11.6 Å². The van der Waals surface area contributed by atoms with Crippen LogP contribution in [-0.4, -0.2) is 10.2 Å². The highest BCUT2D eigenvalue weighted by Gasteiger charge is 2.19. The predicted octanol–water partition coefficient (Wildman–Crippen LogP) is 5.89. The van der Waals surface area contributed by atoms with Crippen LogP contribution in [0.15, 0.2) is 54.6 Å². The molecule has 0 aliphatic carbocycles. The number of phenolic OH excluding ortho intramolecular Hbond substituents is 1. The number of benzene rings is 3. The minimum Gasteiger partial charge on any atom is -0.508 e. The lowest BCUT2D eigenvalue weighted by Crippen LogP contribution is -2.05. The molecule has 152 valence electrons. The fourth-order valence-electron chi connectivity index (χ4n) is 3.02. The van der Waals surface area contributed by atoms with E-state index in [1.807, 2.05) is 6.92 Å². The number of aromatic hydroxyl groups is 1. The van der Waals surface area contributed by atoms with Crippen molar-refractivity contribution in [3.63, 3.8) is 0 Å². The lowest BCUT2D eigenvalue weighted by Gasteiger charge is -2.14. The molecule has 29 heavy (non-hydrogen) atoms. The molecule has 3 rings (SSSR count). The maximum atomic E-state index is 14.3. The van der Waals surface area contributed by atoms with Gasteiger partial charge in [-0.3, -0.25) is 0 Å². The maximum absolute atomic E-state index is 14.3. The van der Waals surface area contributed by atoms with Crippen LogP contribution in [0.1, 0.15) is 37.0 Å². The molecular weight excluding hydrogens is 381 g/mol. The summed E-state index contributed by atoms with van der Waals surface area (Å²) in [5, 5.41) is 19.2. The summed E-state index contributed by atoms with van der Waals surface area (Å²) in [5.74, 6) is -3.19. The fraction of sp³-hybridized carbons (Fsp3) is 0.217. The van der Waals surface area contributed by atoms with E-state index in [9.17, 15) is 23.4 Å². The molecule has 2 N–H and O–H groups in total. The second-order valence-electron chi connectivity index (χ2n) is 6.74. The van der Waals surface area contributed by atoms with Gasteiger partial charge in [-0.2, -0.15) is 4.39 Å². The highest BCUT2D eigenvalue weighted by atomic mass is 19.2. The third-order valence-corrected chi connectivity index (χ3v) is 4.61. The quantitative estimate of drug-likeness (QED) is 0.518. The van der Waals surface area contributed by atoms with Crippen molar-refractivity contribution in [3.05, 3.63) is 83.2 Å². The summed E-state index contributed by atoms with van der Waals surface area (Å²) in [4.78, 5) is 0. The number of hydrogen-bond donors (Lipinski definition) is 2. The van der Waals surface area contributed by atoms with Gasteiger partial charge >= 0.3 is 0 Å². The van der Waals surface area contributed by atoms with Gasteiger partial charge in [0, 0.05) is 17.2 Å². The zero-order chi connectivity index (χ0) is 21.0. The molecule has 1 unspecified atom stereocenters. The Labute approximate surface area is 167 Å². The number of halogens is 3. The SMILES string of the molecule is CCCC(O)c1ccc(OCc2ccc(-c3ccc(O)cc3F)cc2)c(F)c1F. The molecule has 3 aromatic rings. The predicted molar refractivity (Wildman–Crippen MR) is 104 cm³/mol. The Balaban J connectivity index is 1.71. The van der Waals surface area contributed by atoms with Gasteiger partial charge in [-0.05, 0) is 41.8 Å². The molecule has 0 aliphatic heterocycles. The first-order valence-electron chi connectivity index (χ1n) is 9.27. The van der Waals surface area contributed by atoms with E-state index >= 15 is 0 Å². The van der Waals surface area contributed by atoms with Crippen molar-refractivity contribution >= 4 is 0 Å². The molecule has 0 bridgehead atoms. The van der Waals surface area contributed by atoms with E-state index in [1.165, 1.54) is 24.3 Å². The lowest BCUT2D eigenvalue weighted by atomic mass is 10.0. The zero-order valence-electron chi connectivity index (χ0n) is 15.8. The van der Waals surface area contributed by atoms with E-state index in [2.05, 4.69) is 0 Å². The van der Waals surface area contributed by atoms with Crippen molar-refractivity contribution in [2.24, 2.45) is 0 Å². The smallest absolute Gasteiger partial charge is 0.201 e. The molecule has 0 fully saturated rings. The third kappa shape index (κ3) is 4.71. The van der Waals surface area contributed by atoms with Gasteiger partial charge < -0.3 is 14.9 Å². The van der Waals surface area contributed by atoms with Crippen molar-refractivity contribution < 1.29 is 28.1 Å². The number of rotatable bonds is 7. The molecule has 3 nitrogen and oxygen atoms in total. The summed E-state index contributed by atoms with van der Waals surface area (Å²) < 4.78 is 47.8. The van der Waals surface area contributed by atoms with Crippen LogP contribution in [-0.2, 0) is 6.61 Å². The van der Waals surface area contributed by atoms with Gasteiger partial charge in [-0.15, -0.1) is 0 Å². The second kappa shape index (κ2) is 9.01. The van der Waals surface area contributed by atoms with Crippen molar-refractivity contribution in [1.82, 2.24) is 0 Å².